The zero-order valence-electron chi connectivity index (χ0n) is 20.4. The zero-order chi connectivity index (χ0) is 24.6. The smallest absolute Gasteiger partial charge is 0.253 e. The highest BCUT2D eigenvalue weighted by Gasteiger charge is 2.43. The number of rotatable bonds is 6. The molecule has 0 bridgehead atoms. The van der Waals surface area contributed by atoms with Crippen LogP contribution in [0.15, 0.2) is 66.7 Å². The van der Waals surface area contributed by atoms with Gasteiger partial charge in [0.15, 0.2) is 0 Å². The Balaban J connectivity index is 1.51. The lowest BCUT2D eigenvalue weighted by atomic mass is 9.90. The van der Waals surface area contributed by atoms with Crippen molar-refractivity contribution in [2.75, 3.05) is 33.8 Å². The standard InChI is InChI=1S/C30H31N3O2/c1-32(2)26-13-16-33(19-26)29(35)24-9-12-27(28(17-24)23-5-3-21(18-31)4-6-23)22-7-10-25(11-8-22)30(20-34)14-15-30/h3-12,17,26,34H,13-16,19-20H2,1-2H3/t26-/m0/s1. The first-order valence-electron chi connectivity index (χ1n) is 12.3. The van der Waals surface area contributed by atoms with Crippen molar-refractivity contribution in [1.82, 2.24) is 9.80 Å². The third-order valence-electron chi connectivity index (χ3n) is 7.74. The predicted molar refractivity (Wildman–Crippen MR) is 138 cm³/mol. The second-order valence-corrected chi connectivity index (χ2v) is 10.1. The van der Waals surface area contributed by atoms with Crippen molar-refractivity contribution in [2.24, 2.45) is 0 Å². The molecule has 1 amide bonds. The van der Waals surface area contributed by atoms with E-state index < -0.39 is 0 Å². The first-order valence-corrected chi connectivity index (χ1v) is 12.3. The maximum atomic E-state index is 13.4. The summed E-state index contributed by atoms with van der Waals surface area (Å²) in [6.45, 7) is 1.70. The van der Waals surface area contributed by atoms with Crippen molar-refractivity contribution in [3.8, 4) is 28.3 Å². The molecule has 2 aliphatic rings. The van der Waals surface area contributed by atoms with Crippen LogP contribution in [0.2, 0.25) is 0 Å². The van der Waals surface area contributed by atoms with E-state index in [9.17, 15) is 15.2 Å². The van der Waals surface area contributed by atoms with Gasteiger partial charge < -0.3 is 14.9 Å². The Morgan fingerprint density at radius 2 is 1.69 bits per heavy atom. The maximum absolute atomic E-state index is 13.4. The molecule has 2 fully saturated rings. The van der Waals surface area contributed by atoms with Gasteiger partial charge in [-0.05, 0) is 85.4 Å². The van der Waals surface area contributed by atoms with Crippen LogP contribution in [0.3, 0.4) is 0 Å². The van der Waals surface area contributed by atoms with Gasteiger partial charge in [0.25, 0.3) is 5.91 Å². The van der Waals surface area contributed by atoms with E-state index in [1.54, 1.807) is 0 Å². The van der Waals surface area contributed by atoms with E-state index in [0.717, 1.165) is 54.6 Å². The Morgan fingerprint density at radius 1 is 1.03 bits per heavy atom. The topological polar surface area (TPSA) is 67.6 Å². The molecule has 3 aromatic carbocycles. The molecule has 5 rings (SSSR count). The van der Waals surface area contributed by atoms with Crippen molar-refractivity contribution >= 4 is 5.91 Å². The lowest BCUT2D eigenvalue weighted by Crippen LogP contribution is -2.34. The quantitative estimate of drug-likeness (QED) is 0.573. The number of hydrogen-bond acceptors (Lipinski definition) is 4. The number of carbonyl (C=O) groups is 1. The van der Waals surface area contributed by atoms with Crippen LogP contribution in [0.1, 0.15) is 40.7 Å². The molecule has 35 heavy (non-hydrogen) atoms. The highest BCUT2D eigenvalue weighted by Crippen LogP contribution is 2.48. The minimum absolute atomic E-state index is 0.0600. The van der Waals surface area contributed by atoms with Crippen LogP contribution >= 0.6 is 0 Å². The van der Waals surface area contributed by atoms with Crippen molar-refractivity contribution in [2.45, 2.75) is 30.7 Å². The van der Waals surface area contributed by atoms with E-state index in [4.69, 9.17) is 0 Å². The van der Waals surface area contributed by atoms with Gasteiger partial charge >= 0.3 is 0 Å². The number of nitriles is 1. The minimum Gasteiger partial charge on any atom is -0.395 e. The number of benzene rings is 3. The number of carbonyl (C=O) groups excluding carboxylic acids is 1. The maximum Gasteiger partial charge on any atom is 0.253 e. The largest absolute Gasteiger partial charge is 0.395 e. The molecule has 0 aromatic heterocycles. The molecule has 0 unspecified atom stereocenters. The van der Waals surface area contributed by atoms with Gasteiger partial charge in [0.05, 0.1) is 18.2 Å². The van der Waals surface area contributed by atoms with E-state index in [2.05, 4.69) is 49.3 Å². The second kappa shape index (κ2) is 9.30. The van der Waals surface area contributed by atoms with Crippen LogP contribution in [0.4, 0.5) is 0 Å². The third-order valence-corrected chi connectivity index (χ3v) is 7.74. The van der Waals surface area contributed by atoms with Crippen LogP contribution in [-0.4, -0.2) is 60.6 Å². The predicted octanol–water partition coefficient (Wildman–Crippen LogP) is 4.69. The van der Waals surface area contributed by atoms with E-state index >= 15 is 0 Å². The number of amides is 1. The van der Waals surface area contributed by atoms with E-state index in [1.165, 1.54) is 5.56 Å². The Hall–Kier alpha value is -3.46. The number of aliphatic hydroxyl groups excluding tert-OH is 1. The summed E-state index contributed by atoms with van der Waals surface area (Å²) in [6, 6.07) is 24.5. The van der Waals surface area contributed by atoms with Gasteiger partial charge in [0.1, 0.15) is 0 Å². The van der Waals surface area contributed by atoms with Crippen molar-refractivity contribution in [3.63, 3.8) is 0 Å². The summed E-state index contributed by atoms with van der Waals surface area (Å²) < 4.78 is 0. The molecule has 1 atom stereocenters. The number of hydrogen-bond donors (Lipinski definition) is 1. The fourth-order valence-corrected chi connectivity index (χ4v) is 5.11. The molecule has 178 valence electrons. The summed E-state index contributed by atoms with van der Waals surface area (Å²) in [4.78, 5) is 17.5. The highest BCUT2D eigenvalue weighted by atomic mass is 16.3. The van der Waals surface area contributed by atoms with Crippen molar-refractivity contribution in [1.29, 1.82) is 5.26 Å². The van der Waals surface area contributed by atoms with Crippen LogP contribution in [0.5, 0.6) is 0 Å². The fraction of sp³-hybridized carbons (Fsp3) is 0.333. The molecule has 1 N–H and O–H groups in total. The van der Waals surface area contributed by atoms with Crippen LogP contribution in [-0.2, 0) is 5.41 Å². The third kappa shape index (κ3) is 4.48. The van der Waals surface area contributed by atoms with Crippen molar-refractivity contribution < 1.29 is 9.90 Å². The molecule has 0 spiro atoms. The van der Waals surface area contributed by atoms with Gasteiger partial charge in [0, 0.05) is 30.1 Å². The summed E-state index contributed by atoms with van der Waals surface area (Å²) in [7, 11) is 4.13. The van der Waals surface area contributed by atoms with Gasteiger partial charge in [-0.15, -0.1) is 0 Å². The molecular weight excluding hydrogens is 434 g/mol. The highest BCUT2D eigenvalue weighted by molar-refractivity contribution is 5.98. The molecule has 3 aromatic rings. The van der Waals surface area contributed by atoms with E-state index in [0.29, 0.717) is 17.2 Å². The Morgan fingerprint density at radius 3 is 2.26 bits per heavy atom. The van der Waals surface area contributed by atoms with E-state index in [-0.39, 0.29) is 17.9 Å². The first kappa shape index (κ1) is 23.3. The average Bonchev–Trinajstić information content (AvgIpc) is 3.55. The minimum atomic E-state index is -0.0646. The molecule has 1 heterocycles. The molecule has 1 aliphatic carbocycles. The molecule has 5 nitrogen and oxygen atoms in total. The Kier molecular flexibility index (Phi) is 6.19. The number of nitrogens with zero attached hydrogens (tertiary/aromatic N) is 3. The van der Waals surface area contributed by atoms with Crippen LogP contribution < -0.4 is 0 Å². The van der Waals surface area contributed by atoms with Gasteiger partial charge in [0.2, 0.25) is 0 Å². The lowest BCUT2D eigenvalue weighted by Gasteiger charge is -2.21. The van der Waals surface area contributed by atoms with Gasteiger partial charge in [-0.2, -0.15) is 5.26 Å². The summed E-state index contributed by atoms with van der Waals surface area (Å²) in [5, 5.41) is 19.0. The number of likely N-dealkylation sites (tertiary alicyclic amines) is 1. The SMILES string of the molecule is CN(C)[C@H]1CCN(C(=O)c2ccc(-c3ccc(C4(CO)CC4)cc3)c(-c3ccc(C#N)cc3)c2)C1. The van der Waals surface area contributed by atoms with Crippen LogP contribution in [0.25, 0.3) is 22.3 Å². The summed E-state index contributed by atoms with van der Waals surface area (Å²) >= 11 is 0. The Bertz CT molecular complexity index is 1270. The number of likely N-dealkylation sites (N-methyl/N-ethyl adjacent to an activating group) is 1. The second-order valence-electron chi connectivity index (χ2n) is 10.1. The molecule has 5 heteroatoms. The first-order chi connectivity index (χ1) is 16.9. The summed E-state index contributed by atoms with van der Waals surface area (Å²) in [5.41, 5.74) is 6.46. The normalized spacial score (nSPS) is 18.5. The van der Waals surface area contributed by atoms with Gasteiger partial charge in [-0.25, -0.2) is 0 Å². The molecule has 1 saturated carbocycles. The Labute approximate surface area is 207 Å². The van der Waals surface area contributed by atoms with Gasteiger partial charge in [-0.3, -0.25) is 4.79 Å². The molecular formula is C30H31N3O2. The van der Waals surface area contributed by atoms with Crippen molar-refractivity contribution in [3.05, 3.63) is 83.4 Å². The van der Waals surface area contributed by atoms with E-state index in [1.807, 2.05) is 47.4 Å². The molecule has 0 radical (unpaired) electrons. The average molecular weight is 466 g/mol. The number of aliphatic hydroxyl groups is 1. The summed E-state index contributed by atoms with van der Waals surface area (Å²) in [5.74, 6) is 0.0600. The summed E-state index contributed by atoms with van der Waals surface area (Å²) in [6.07, 6.45) is 3.05. The zero-order valence-corrected chi connectivity index (χ0v) is 20.4. The monoisotopic (exact) mass is 465 g/mol. The van der Waals surface area contributed by atoms with Crippen LogP contribution in [0, 0.1) is 11.3 Å². The fourth-order valence-electron chi connectivity index (χ4n) is 5.11. The van der Waals surface area contributed by atoms with Gasteiger partial charge in [-0.1, -0.05) is 42.5 Å². The molecule has 1 aliphatic heterocycles. The molecule has 1 saturated heterocycles. The lowest BCUT2D eigenvalue weighted by molar-refractivity contribution is 0.0783.